The number of halogens is 3. The van der Waals surface area contributed by atoms with Gasteiger partial charge in [0.2, 0.25) is 11.8 Å². The number of aromatic nitrogens is 1. The maximum absolute atomic E-state index is 13.2. The number of hydrogen-bond donors (Lipinski definition) is 2. The molecule has 2 atom stereocenters. The Morgan fingerprint density at radius 2 is 2.09 bits per heavy atom. The molecule has 6 nitrogen and oxygen atoms in total. The van der Waals surface area contributed by atoms with Crippen molar-refractivity contribution in [2.24, 2.45) is 5.92 Å². The first-order valence-electron chi connectivity index (χ1n) is 6.75. The molecule has 1 fully saturated rings. The van der Waals surface area contributed by atoms with Gasteiger partial charge < -0.3 is 4.74 Å². The summed E-state index contributed by atoms with van der Waals surface area (Å²) in [6, 6.07) is 0.765. The molecular formula is C13H15F3N4O2. The van der Waals surface area contributed by atoms with Gasteiger partial charge in [-0.05, 0) is 11.1 Å². The van der Waals surface area contributed by atoms with Gasteiger partial charge in [-0.1, -0.05) is 0 Å². The molecule has 0 saturated carbocycles. The number of carbonyl (C=O) groups is 1. The summed E-state index contributed by atoms with van der Waals surface area (Å²) in [5.41, 5.74) is 6.32. The number of nitrogens with one attached hydrogen (secondary N) is 2. The zero-order valence-corrected chi connectivity index (χ0v) is 11.8. The topological polar surface area (TPSA) is 66.5 Å². The van der Waals surface area contributed by atoms with Crippen LogP contribution in [-0.4, -0.2) is 41.7 Å². The van der Waals surface area contributed by atoms with Crippen LogP contribution in [-0.2, 0) is 17.9 Å². The van der Waals surface area contributed by atoms with Gasteiger partial charge in [0.15, 0.2) is 5.92 Å². The molecule has 1 aromatic heterocycles. The highest BCUT2D eigenvalue weighted by atomic mass is 19.4. The minimum Gasteiger partial charge on any atom is -0.481 e. The number of methoxy groups -OCH3 is 1. The van der Waals surface area contributed by atoms with E-state index in [4.69, 9.17) is 4.74 Å². The van der Waals surface area contributed by atoms with Gasteiger partial charge in [0.25, 0.3) is 0 Å². The van der Waals surface area contributed by atoms with Gasteiger partial charge >= 0.3 is 6.18 Å². The van der Waals surface area contributed by atoms with Crippen LogP contribution in [0.4, 0.5) is 13.2 Å². The number of rotatable bonds is 2. The lowest BCUT2D eigenvalue weighted by molar-refractivity contribution is -0.201. The number of nitrogens with zero attached hydrogens (tertiary/aromatic N) is 2. The summed E-state index contributed by atoms with van der Waals surface area (Å²) in [4.78, 5) is 17.3. The summed E-state index contributed by atoms with van der Waals surface area (Å²) in [7, 11) is 1.48. The predicted octanol–water partition coefficient (Wildman–Crippen LogP) is 0.587. The molecule has 0 radical (unpaired) electrons. The van der Waals surface area contributed by atoms with Gasteiger partial charge in [-0.15, -0.1) is 0 Å². The molecule has 2 aliphatic heterocycles. The molecule has 0 aromatic carbocycles. The van der Waals surface area contributed by atoms with E-state index in [9.17, 15) is 18.0 Å². The first kappa shape index (κ1) is 15.0. The van der Waals surface area contributed by atoms with Crippen molar-refractivity contribution in [3.63, 3.8) is 0 Å². The third-order valence-corrected chi connectivity index (χ3v) is 4.03. The largest absolute Gasteiger partial charge is 0.481 e. The molecule has 2 unspecified atom stereocenters. The summed E-state index contributed by atoms with van der Waals surface area (Å²) in [5.74, 6) is -2.67. The van der Waals surface area contributed by atoms with E-state index < -0.39 is 24.0 Å². The number of fused-ring (bicyclic) bond motifs is 1. The summed E-state index contributed by atoms with van der Waals surface area (Å²) in [6.45, 7) is 0.702. The van der Waals surface area contributed by atoms with Gasteiger partial charge in [-0.25, -0.2) is 10.4 Å². The van der Waals surface area contributed by atoms with Crippen LogP contribution in [0.5, 0.6) is 5.88 Å². The van der Waals surface area contributed by atoms with E-state index in [0.717, 1.165) is 11.1 Å². The molecule has 1 aromatic rings. The molecule has 3 heterocycles. The van der Waals surface area contributed by atoms with Crippen LogP contribution in [0.2, 0.25) is 0 Å². The molecule has 9 heteroatoms. The van der Waals surface area contributed by atoms with Gasteiger partial charge in [0.05, 0.1) is 7.11 Å². The Kier molecular flexibility index (Phi) is 3.69. The van der Waals surface area contributed by atoms with Gasteiger partial charge in [-0.3, -0.25) is 15.1 Å². The fraction of sp³-hybridized carbons (Fsp3) is 0.538. The van der Waals surface area contributed by atoms with Crippen LogP contribution in [0.1, 0.15) is 11.1 Å². The third-order valence-electron chi connectivity index (χ3n) is 4.03. The van der Waals surface area contributed by atoms with Crippen molar-refractivity contribution in [1.29, 1.82) is 0 Å². The molecule has 120 valence electrons. The average Bonchev–Trinajstić information content (AvgIpc) is 2.88. The van der Waals surface area contributed by atoms with Crippen molar-refractivity contribution in [2.75, 3.05) is 13.7 Å². The van der Waals surface area contributed by atoms with Gasteiger partial charge in [0, 0.05) is 37.9 Å². The zero-order valence-electron chi connectivity index (χ0n) is 11.8. The number of ether oxygens (including phenoxy) is 1. The van der Waals surface area contributed by atoms with Crippen LogP contribution >= 0.6 is 0 Å². The second kappa shape index (κ2) is 5.40. The molecule has 1 amide bonds. The minimum absolute atomic E-state index is 0.0362. The Labute approximate surface area is 124 Å². The Balaban J connectivity index is 1.83. The van der Waals surface area contributed by atoms with E-state index in [0.29, 0.717) is 19.0 Å². The van der Waals surface area contributed by atoms with Gasteiger partial charge in [0.1, 0.15) is 0 Å². The zero-order chi connectivity index (χ0) is 15.9. The number of amides is 1. The molecule has 2 aliphatic rings. The van der Waals surface area contributed by atoms with Crippen molar-refractivity contribution in [3.8, 4) is 5.88 Å². The Morgan fingerprint density at radius 3 is 2.77 bits per heavy atom. The number of alkyl halides is 3. The van der Waals surface area contributed by atoms with E-state index in [2.05, 4.69) is 15.8 Å². The lowest BCUT2D eigenvalue weighted by atomic mass is 9.95. The van der Waals surface area contributed by atoms with Crippen molar-refractivity contribution in [3.05, 3.63) is 23.4 Å². The number of carbonyl (C=O) groups excluding carboxylic acids is 1. The second-order valence-electron chi connectivity index (χ2n) is 5.36. The molecule has 22 heavy (non-hydrogen) atoms. The SMILES string of the molecule is COc1cc2c(cn1)CN(C1CNNC(=O)C1C(F)(F)F)C2. The van der Waals surface area contributed by atoms with Crippen LogP contribution in [0.3, 0.4) is 0 Å². The van der Waals surface area contributed by atoms with E-state index >= 15 is 0 Å². The lowest BCUT2D eigenvalue weighted by Gasteiger charge is -2.38. The van der Waals surface area contributed by atoms with E-state index in [-0.39, 0.29) is 6.54 Å². The molecule has 0 spiro atoms. The smallest absolute Gasteiger partial charge is 0.402 e. The van der Waals surface area contributed by atoms with Gasteiger partial charge in [-0.2, -0.15) is 13.2 Å². The number of hydrogen-bond acceptors (Lipinski definition) is 5. The van der Waals surface area contributed by atoms with Crippen molar-refractivity contribution < 1.29 is 22.7 Å². The van der Waals surface area contributed by atoms with Crippen molar-refractivity contribution in [2.45, 2.75) is 25.3 Å². The van der Waals surface area contributed by atoms with Crippen molar-refractivity contribution >= 4 is 5.91 Å². The van der Waals surface area contributed by atoms with E-state index in [1.807, 2.05) is 0 Å². The molecule has 1 saturated heterocycles. The first-order chi connectivity index (χ1) is 10.4. The van der Waals surface area contributed by atoms with Crippen LogP contribution in [0.15, 0.2) is 12.3 Å². The molecular weight excluding hydrogens is 301 g/mol. The summed E-state index contributed by atoms with van der Waals surface area (Å²) < 4.78 is 44.6. The van der Waals surface area contributed by atoms with Crippen LogP contribution in [0, 0.1) is 5.92 Å². The second-order valence-corrected chi connectivity index (χ2v) is 5.36. The monoisotopic (exact) mass is 316 g/mol. The van der Waals surface area contributed by atoms with Crippen LogP contribution in [0.25, 0.3) is 0 Å². The molecule has 0 aliphatic carbocycles. The summed E-state index contributed by atoms with van der Waals surface area (Å²) in [5, 5.41) is 0. The highest BCUT2D eigenvalue weighted by Crippen LogP contribution is 2.36. The van der Waals surface area contributed by atoms with E-state index in [1.54, 1.807) is 17.2 Å². The molecule has 3 rings (SSSR count). The summed E-state index contributed by atoms with van der Waals surface area (Å²) in [6.07, 6.45) is -2.98. The number of pyridine rings is 1. The lowest BCUT2D eigenvalue weighted by Crippen LogP contribution is -2.63. The highest BCUT2D eigenvalue weighted by Gasteiger charge is 2.53. The predicted molar refractivity (Wildman–Crippen MR) is 69.5 cm³/mol. The maximum Gasteiger partial charge on any atom is 0.402 e. The Morgan fingerprint density at radius 1 is 1.36 bits per heavy atom. The third kappa shape index (κ3) is 2.61. The van der Waals surface area contributed by atoms with Crippen LogP contribution < -0.4 is 15.6 Å². The first-order valence-corrected chi connectivity index (χ1v) is 6.75. The molecule has 0 bridgehead atoms. The average molecular weight is 316 g/mol. The Bertz CT molecular complexity index is 593. The quantitative estimate of drug-likeness (QED) is 0.836. The normalized spacial score (nSPS) is 25.7. The summed E-state index contributed by atoms with van der Waals surface area (Å²) >= 11 is 0. The fourth-order valence-electron chi connectivity index (χ4n) is 2.95. The maximum atomic E-state index is 13.2. The van der Waals surface area contributed by atoms with E-state index in [1.165, 1.54) is 7.11 Å². The Hall–Kier alpha value is -1.87. The number of hydrazine groups is 1. The minimum atomic E-state index is -4.58. The highest BCUT2D eigenvalue weighted by molar-refractivity contribution is 5.80. The van der Waals surface area contributed by atoms with Crippen molar-refractivity contribution in [1.82, 2.24) is 20.7 Å². The molecule has 2 N–H and O–H groups in total. The fourth-order valence-corrected chi connectivity index (χ4v) is 2.95. The standard InChI is InChI=1S/C13H15F3N4O2/c1-22-10-2-7-5-20(6-8(7)3-17-10)9-4-18-19-12(21)11(9)13(14,15)16/h2-3,9,11,18H,4-6H2,1H3,(H,19,21).